The van der Waals surface area contributed by atoms with E-state index in [4.69, 9.17) is 0 Å². The molecule has 0 unspecified atom stereocenters. The van der Waals surface area contributed by atoms with E-state index >= 15 is 0 Å². The van der Waals surface area contributed by atoms with Gasteiger partial charge in [0.25, 0.3) is 5.69 Å². The fourth-order valence-electron chi connectivity index (χ4n) is 1.90. The van der Waals surface area contributed by atoms with Gasteiger partial charge < -0.3 is 0 Å². The molecule has 2 aromatic heterocycles. The van der Waals surface area contributed by atoms with Crippen molar-refractivity contribution in [3.8, 4) is 11.3 Å². The first-order valence-electron chi connectivity index (χ1n) is 5.63. The molecule has 0 saturated carbocycles. The predicted octanol–water partition coefficient (Wildman–Crippen LogP) is 2.98. The van der Waals surface area contributed by atoms with Crippen LogP contribution in [0.5, 0.6) is 0 Å². The topological polar surface area (TPSA) is 73.3 Å². The molecule has 0 N–H and O–H groups in total. The van der Waals surface area contributed by atoms with Gasteiger partial charge in [-0.15, -0.1) is 0 Å². The molecular formula is C12H10N4O2S. The minimum Gasteiger partial charge on any atom is -0.258 e. The number of benzene rings is 1. The zero-order valence-corrected chi connectivity index (χ0v) is 11.1. The van der Waals surface area contributed by atoms with Gasteiger partial charge in [-0.3, -0.25) is 10.1 Å². The smallest absolute Gasteiger partial charge is 0.258 e. The van der Waals surface area contributed by atoms with E-state index in [1.807, 2.05) is 13.0 Å². The molecule has 96 valence electrons. The Bertz CT molecular complexity index is 759. The Labute approximate surface area is 112 Å². The SMILES string of the molecule is Cc1nn2cc(-c3ccc(C)c([N+](=O)[O-])c3)nc2s1. The van der Waals surface area contributed by atoms with Crippen molar-refractivity contribution in [2.75, 3.05) is 0 Å². The van der Waals surface area contributed by atoms with E-state index in [9.17, 15) is 10.1 Å². The summed E-state index contributed by atoms with van der Waals surface area (Å²) in [5, 5.41) is 16.1. The lowest BCUT2D eigenvalue weighted by Gasteiger charge is -1.99. The molecule has 1 aromatic carbocycles. The first-order valence-corrected chi connectivity index (χ1v) is 6.44. The van der Waals surface area contributed by atoms with Crippen molar-refractivity contribution in [1.29, 1.82) is 0 Å². The number of aromatic nitrogens is 3. The molecule has 0 atom stereocenters. The van der Waals surface area contributed by atoms with Crippen molar-refractivity contribution < 1.29 is 4.92 Å². The summed E-state index contributed by atoms with van der Waals surface area (Å²) < 4.78 is 1.70. The van der Waals surface area contributed by atoms with Crippen LogP contribution in [0.2, 0.25) is 0 Å². The third-order valence-electron chi connectivity index (χ3n) is 2.85. The number of nitro groups is 1. The summed E-state index contributed by atoms with van der Waals surface area (Å²) in [6.07, 6.45) is 1.78. The zero-order valence-electron chi connectivity index (χ0n) is 10.3. The highest BCUT2D eigenvalue weighted by Gasteiger charge is 2.14. The molecule has 0 bridgehead atoms. The Morgan fingerprint density at radius 2 is 2.16 bits per heavy atom. The molecule has 0 saturated heterocycles. The number of hydrogen-bond acceptors (Lipinski definition) is 5. The summed E-state index contributed by atoms with van der Waals surface area (Å²) in [5.41, 5.74) is 2.18. The van der Waals surface area contributed by atoms with Crippen LogP contribution in [-0.4, -0.2) is 19.5 Å². The summed E-state index contributed by atoms with van der Waals surface area (Å²) in [6, 6.07) is 5.12. The fourth-order valence-corrected chi connectivity index (χ4v) is 2.63. The molecule has 6 nitrogen and oxygen atoms in total. The summed E-state index contributed by atoms with van der Waals surface area (Å²) in [5.74, 6) is 0. The third-order valence-corrected chi connectivity index (χ3v) is 3.68. The minimum absolute atomic E-state index is 0.109. The Morgan fingerprint density at radius 3 is 2.84 bits per heavy atom. The van der Waals surface area contributed by atoms with Crippen LogP contribution in [0.1, 0.15) is 10.6 Å². The van der Waals surface area contributed by atoms with Crippen LogP contribution in [0.3, 0.4) is 0 Å². The van der Waals surface area contributed by atoms with Gasteiger partial charge in [0, 0.05) is 17.2 Å². The molecule has 0 aliphatic rings. The Hall–Kier alpha value is -2.28. The second-order valence-corrected chi connectivity index (χ2v) is 5.39. The first-order chi connectivity index (χ1) is 9.04. The van der Waals surface area contributed by atoms with Crippen LogP contribution in [-0.2, 0) is 0 Å². The van der Waals surface area contributed by atoms with Gasteiger partial charge in [-0.2, -0.15) is 5.10 Å². The van der Waals surface area contributed by atoms with Gasteiger partial charge in [0.2, 0.25) is 4.96 Å². The van der Waals surface area contributed by atoms with E-state index in [-0.39, 0.29) is 10.6 Å². The summed E-state index contributed by atoms with van der Waals surface area (Å²) in [4.78, 5) is 15.8. The number of rotatable bonds is 2. The quantitative estimate of drug-likeness (QED) is 0.532. The predicted molar refractivity (Wildman–Crippen MR) is 72.4 cm³/mol. The standard InChI is InChI=1S/C12H10N4O2S/c1-7-3-4-9(5-11(7)16(17)18)10-6-15-12(13-10)19-8(2)14-15/h3-6H,1-2H3. The van der Waals surface area contributed by atoms with Gasteiger partial charge in [0.1, 0.15) is 5.01 Å². The number of aryl methyl sites for hydroxylation is 2. The van der Waals surface area contributed by atoms with Crippen LogP contribution in [0.25, 0.3) is 16.2 Å². The molecule has 7 heteroatoms. The molecule has 0 amide bonds. The van der Waals surface area contributed by atoms with Gasteiger partial charge in [0.15, 0.2) is 0 Å². The maximum atomic E-state index is 10.9. The van der Waals surface area contributed by atoms with E-state index in [1.54, 1.807) is 29.8 Å². The highest BCUT2D eigenvalue weighted by molar-refractivity contribution is 7.16. The number of nitrogens with zero attached hydrogens (tertiary/aromatic N) is 4. The lowest BCUT2D eigenvalue weighted by Crippen LogP contribution is -1.92. The van der Waals surface area contributed by atoms with Crippen molar-refractivity contribution in [2.24, 2.45) is 0 Å². The molecule has 0 aliphatic heterocycles. The lowest BCUT2D eigenvalue weighted by molar-refractivity contribution is -0.385. The van der Waals surface area contributed by atoms with Crippen LogP contribution in [0, 0.1) is 24.0 Å². The van der Waals surface area contributed by atoms with E-state index in [0.717, 1.165) is 15.5 Å². The molecule has 3 rings (SSSR count). The number of hydrogen-bond donors (Lipinski definition) is 0. The van der Waals surface area contributed by atoms with Crippen LogP contribution >= 0.6 is 11.3 Å². The number of imidazole rings is 1. The summed E-state index contributed by atoms with van der Waals surface area (Å²) in [6.45, 7) is 3.63. The second-order valence-electron chi connectivity index (χ2n) is 4.23. The highest BCUT2D eigenvalue weighted by atomic mass is 32.1. The maximum absolute atomic E-state index is 10.9. The molecule has 0 fully saturated rings. The molecule has 0 spiro atoms. The molecule has 3 aromatic rings. The fraction of sp³-hybridized carbons (Fsp3) is 0.167. The average molecular weight is 274 g/mol. The van der Waals surface area contributed by atoms with Gasteiger partial charge in [-0.1, -0.05) is 23.5 Å². The lowest BCUT2D eigenvalue weighted by atomic mass is 10.1. The van der Waals surface area contributed by atoms with Crippen LogP contribution < -0.4 is 0 Å². The van der Waals surface area contributed by atoms with E-state index in [0.29, 0.717) is 11.3 Å². The molecule has 2 heterocycles. The average Bonchev–Trinajstić information content (AvgIpc) is 2.86. The number of nitro benzene ring substituents is 1. The molecule has 0 aliphatic carbocycles. The summed E-state index contributed by atoms with van der Waals surface area (Å²) in [7, 11) is 0. The largest absolute Gasteiger partial charge is 0.272 e. The van der Waals surface area contributed by atoms with Gasteiger partial charge in [-0.05, 0) is 13.8 Å². The highest BCUT2D eigenvalue weighted by Crippen LogP contribution is 2.27. The van der Waals surface area contributed by atoms with Crippen LogP contribution in [0.15, 0.2) is 24.4 Å². The Balaban J connectivity index is 2.12. The molecular weight excluding hydrogens is 264 g/mol. The van der Waals surface area contributed by atoms with Gasteiger partial charge in [-0.25, -0.2) is 9.50 Å². The van der Waals surface area contributed by atoms with Crippen molar-refractivity contribution in [3.05, 3.63) is 45.1 Å². The van der Waals surface area contributed by atoms with E-state index in [2.05, 4.69) is 10.1 Å². The van der Waals surface area contributed by atoms with E-state index < -0.39 is 0 Å². The van der Waals surface area contributed by atoms with Crippen molar-refractivity contribution in [2.45, 2.75) is 13.8 Å². The van der Waals surface area contributed by atoms with Crippen LogP contribution in [0.4, 0.5) is 5.69 Å². The minimum atomic E-state index is -0.375. The zero-order chi connectivity index (χ0) is 13.6. The monoisotopic (exact) mass is 274 g/mol. The normalized spacial score (nSPS) is 11.1. The van der Waals surface area contributed by atoms with Gasteiger partial charge >= 0.3 is 0 Å². The van der Waals surface area contributed by atoms with Gasteiger partial charge in [0.05, 0.1) is 16.8 Å². The first kappa shape index (κ1) is 11.8. The third kappa shape index (κ3) is 1.97. The second kappa shape index (κ2) is 4.13. The summed E-state index contributed by atoms with van der Waals surface area (Å²) >= 11 is 1.49. The number of fused-ring (bicyclic) bond motifs is 1. The molecule has 0 radical (unpaired) electrons. The molecule has 19 heavy (non-hydrogen) atoms. The Morgan fingerprint density at radius 1 is 1.37 bits per heavy atom. The maximum Gasteiger partial charge on any atom is 0.272 e. The van der Waals surface area contributed by atoms with Crippen molar-refractivity contribution in [1.82, 2.24) is 14.6 Å². The van der Waals surface area contributed by atoms with E-state index in [1.165, 1.54) is 11.3 Å². The Kier molecular flexibility index (Phi) is 2.56. The van der Waals surface area contributed by atoms with Crippen molar-refractivity contribution >= 4 is 22.0 Å². The van der Waals surface area contributed by atoms with Crippen molar-refractivity contribution in [3.63, 3.8) is 0 Å².